The Morgan fingerprint density at radius 3 is 2.37 bits per heavy atom. The van der Waals surface area contributed by atoms with Crippen molar-refractivity contribution in [1.29, 1.82) is 0 Å². The van der Waals surface area contributed by atoms with Crippen LogP contribution in [0.25, 0.3) is 0 Å². The van der Waals surface area contributed by atoms with Crippen molar-refractivity contribution in [2.75, 3.05) is 6.54 Å². The van der Waals surface area contributed by atoms with E-state index in [1.165, 1.54) is 30.7 Å². The molecule has 0 N–H and O–H groups in total. The molecule has 102 valence electrons. The molecule has 2 aromatic heterocycles. The molecule has 0 unspecified atom stereocenters. The van der Waals surface area contributed by atoms with Gasteiger partial charge >= 0.3 is 6.18 Å². The zero-order chi connectivity index (χ0) is 13.9. The molecule has 0 spiro atoms. The van der Waals surface area contributed by atoms with Crippen LogP contribution in [-0.2, 0) is 6.54 Å². The Bertz CT molecular complexity index is 517. The molecular formula is C12H10F3NO3. The Hall–Kier alpha value is -2.18. The number of carbonyl (C=O) groups is 1. The number of amides is 1. The van der Waals surface area contributed by atoms with Crippen molar-refractivity contribution in [3.05, 3.63) is 48.3 Å². The maximum Gasteiger partial charge on any atom is 0.406 e. The van der Waals surface area contributed by atoms with Crippen LogP contribution in [0.4, 0.5) is 13.2 Å². The normalized spacial score (nSPS) is 11.5. The van der Waals surface area contributed by atoms with E-state index in [0.29, 0.717) is 4.90 Å². The van der Waals surface area contributed by atoms with Crippen molar-refractivity contribution in [2.24, 2.45) is 0 Å². The first-order valence-electron chi connectivity index (χ1n) is 5.37. The van der Waals surface area contributed by atoms with Crippen molar-refractivity contribution in [1.82, 2.24) is 4.90 Å². The first kappa shape index (κ1) is 13.3. The van der Waals surface area contributed by atoms with Gasteiger partial charge in [0.25, 0.3) is 5.91 Å². The third-order valence-corrected chi connectivity index (χ3v) is 2.32. The Labute approximate surface area is 106 Å². The van der Waals surface area contributed by atoms with E-state index in [1.807, 2.05) is 0 Å². The average Bonchev–Trinajstić information content (AvgIpc) is 2.98. The van der Waals surface area contributed by atoms with Gasteiger partial charge in [-0.15, -0.1) is 0 Å². The minimum Gasteiger partial charge on any atom is -0.467 e. The number of alkyl halides is 3. The second-order valence-corrected chi connectivity index (χ2v) is 3.83. The highest BCUT2D eigenvalue weighted by Crippen LogP contribution is 2.20. The molecule has 0 saturated carbocycles. The summed E-state index contributed by atoms with van der Waals surface area (Å²) in [5, 5.41) is 0. The van der Waals surface area contributed by atoms with Crippen LogP contribution in [0.2, 0.25) is 0 Å². The van der Waals surface area contributed by atoms with Gasteiger partial charge in [-0.25, -0.2) is 0 Å². The van der Waals surface area contributed by atoms with Gasteiger partial charge in [0, 0.05) is 0 Å². The fraction of sp³-hybridized carbons (Fsp3) is 0.250. The summed E-state index contributed by atoms with van der Waals surface area (Å²) in [6, 6.07) is 5.79. The molecule has 2 heterocycles. The van der Waals surface area contributed by atoms with Gasteiger partial charge in [-0.2, -0.15) is 13.2 Å². The number of halogens is 3. The maximum absolute atomic E-state index is 12.5. The van der Waals surface area contributed by atoms with Crippen LogP contribution in [0.5, 0.6) is 0 Å². The third-order valence-electron chi connectivity index (χ3n) is 2.32. The molecule has 0 aliphatic rings. The summed E-state index contributed by atoms with van der Waals surface area (Å²) in [6.45, 7) is -1.64. The van der Waals surface area contributed by atoms with Crippen molar-refractivity contribution in [2.45, 2.75) is 12.7 Å². The standard InChI is InChI=1S/C12H10F3NO3/c13-12(14,15)8-16(7-9-3-1-5-18-9)11(17)10-4-2-6-19-10/h1-6H,7-8H2. The molecule has 0 saturated heterocycles. The Morgan fingerprint density at radius 1 is 1.16 bits per heavy atom. The smallest absolute Gasteiger partial charge is 0.406 e. The number of carbonyl (C=O) groups excluding carboxylic acids is 1. The molecule has 1 amide bonds. The highest BCUT2D eigenvalue weighted by Gasteiger charge is 2.34. The molecule has 0 aliphatic carbocycles. The third kappa shape index (κ3) is 3.64. The van der Waals surface area contributed by atoms with Gasteiger partial charge in [0.15, 0.2) is 5.76 Å². The number of hydrogen-bond acceptors (Lipinski definition) is 3. The minimum atomic E-state index is -4.49. The quantitative estimate of drug-likeness (QED) is 0.860. The molecule has 0 aromatic carbocycles. The highest BCUT2D eigenvalue weighted by atomic mass is 19.4. The summed E-state index contributed by atoms with van der Waals surface area (Å²) in [6.07, 6.45) is -1.93. The van der Waals surface area contributed by atoms with Crippen LogP contribution in [0.3, 0.4) is 0 Å². The van der Waals surface area contributed by atoms with Gasteiger partial charge in [-0.3, -0.25) is 4.79 Å². The molecule has 2 rings (SSSR count). The zero-order valence-corrected chi connectivity index (χ0v) is 9.68. The second kappa shape index (κ2) is 5.21. The van der Waals surface area contributed by atoms with E-state index in [-0.39, 0.29) is 18.1 Å². The lowest BCUT2D eigenvalue weighted by Gasteiger charge is -2.21. The van der Waals surface area contributed by atoms with Gasteiger partial charge in [0.2, 0.25) is 0 Å². The van der Waals surface area contributed by atoms with Crippen molar-refractivity contribution in [3.63, 3.8) is 0 Å². The molecule has 0 atom stereocenters. The summed E-state index contributed by atoms with van der Waals surface area (Å²) in [5.74, 6) is -0.710. The highest BCUT2D eigenvalue weighted by molar-refractivity contribution is 5.91. The first-order valence-corrected chi connectivity index (χ1v) is 5.37. The fourth-order valence-electron chi connectivity index (χ4n) is 1.56. The van der Waals surface area contributed by atoms with Gasteiger partial charge < -0.3 is 13.7 Å². The van der Waals surface area contributed by atoms with Crippen LogP contribution in [0.15, 0.2) is 45.6 Å². The summed E-state index contributed by atoms with van der Waals surface area (Å²) in [7, 11) is 0. The van der Waals surface area contributed by atoms with Gasteiger partial charge in [-0.05, 0) is 24.3 Å². The molecule has 0 bridgehead atoms. The molecule has 19 heavy (non-hydrogen) atoms. The molecule has 0 fully saturated rings. The maximum atomic E-state index is 12.5. The SMILES string of the molecule is O=C(c1ccco1)N(Cc1ccco1)CC(F)(F)F. The monoisotopic (exact) mass is 273 g/mol. The molecule has 0 aliphatic heterocycles. The summed E-state index contributed by atoms with van der Waals surface area (Å²) in [5.41, 5.74) is 0. The Kier molecular flexibility index (Phi) is 3.64. The van der Waals surface area contributed by atoms with Crippen LogP contribution >= 0.6 is 0 Å². The van der Waals surface area contributed by atoms with Gasteiger partial charge in [0.05, 0.1) is 19.1 Å². The Morgan fingerprint density at radius 2 is 1.84 bits per heavy atom. The molecule has 7 heteroatoms. The van der Waals surface area contributed by atoms with E-state index in [4.69, 9.17) is 8.83 Å². The van der Waals surface area contributed by atoms with E-state index in [9.17, 15) is 18.0 Å². The van der Waals surface area contributed by atoms with Crippen LogP contribution in [0.1, 0.15) is 16.3 Å². The lowest BCUT2D eigenvalue weighted by atomic mass is 10.3. The average molecular weight is 273 g/mol. The lowest BCUT2D eigenvalue weighted by Crippen LogP contribution is -2.38. The topological polar surface area (TPSA) is 46.6 Å². The van der Waals surface area contributed by atoms with Crippen LogP contribution in [-0.4, -0.2) is 23.5 Å². The number of furan rings is 2. The molecular weight excluding hydrogens is 263 g/mol. The second-order valence-electron chi connectivity index (χ2n) is 3.83. The van der Waals surface area contributed by atoms with Crippen molar-refractivity contribution < 1.29 is 26.8 Å². The van der Waals surface area contributed by atoms with E-state index in [0.717, 1.165) is 0 Å². The number of rotatable bonds is 4. The predicted molar refractivity (Wildman–Crippen MR) is 58.2 cm³/mol. The predicted octanol–water partition coefficient (Wildman–Crippen LogP) is 3.08. The van der Waals surface area contributed by atoms with E-state index in [2.05, 4.69) is 0 Å². The fourth-order valence-corrected chi connectivity index (χ4v) is 1.56. The summed E-state index contributed by atoms with van der Waals surface area (Å²) >= 11 is 0. The molecule has 0 radical (unpaired) electrons. The minimum absolute atomic E-state index is 0.143. The first-order chi connectivity index (χ1) is 8.96. The van der Waals surface area contributed by atoms with E-state index < -0.39 is 18.6 Å². The van der Waals surface area contributed by atoms with Gasteiger partial charge in [-0.1, -0.05) is 0 Å². The van der Waals surface area contributed by atoms with Crippen LogP contribution < -0.4 is 0 Å². The molecule has 4 nitrogen and oxygen atoms in total. The van der Waals surface area contributed by atoms with E-state index >= 15 is 0 Å². The summed E-state index contributed by atoms with van der Waals surface area (Å²) in [4.78, 5) is 12.5. The lowest BCUT2D eigenvalue weighted by molar-refractivity contribution is -0.142. The number of hydrogen-bond donors (Lipinski definition) is 0. The van der Waals surface area contributed by atoms with Crippen molar-refractivity contribution >= 4 is 5.91 Å². The Balaban J connectivity index is 2.16. The number of nitrogens with zero attached hydrogens (tertiary/aromatic N) is 1. The largest absolute Gasteiger partial charge is 0.467 e. The van der Waals surface area contributed by atoms with Crippen molar-refractivity contribution in [3.8, 4) is 0 Å². The molecule has 2 aromatic rings. The summed E-state index contributed by atoms with van der Waals surface area (Å²) < 4.78 is 47.2. The van der Waals surface area contributed by atoms with Crippen LogP contribution in [0, 0.1) is 0 Å². The van der Waals surface area contributed by atoms with E-state index in [1.54, 1.807) is 6.07 Å². The zero-order valence-electron chi connectivity index (χ0n) is 9.68. The van der Waals surface area contributed by atoms with Gasteiger partial charge in [0.1, 0.15) is 12.3 Å².